The van der Waals surface area contributed by atoms with Crippen molar-refractivity contribution < 1.29 is 8.78 Å². The van der Waals surface area contributed by atoms with Crippen molar-refractivity contribution in [1.29, 1.82) is 0 Å². The number of hydrogen-bond donors (Lipinski definition) is 2. The number of nitrogens with zero attached hydrogens (tertiary/aromatic N) is 6. The van der Waals surface area contributed by atoms with Gasteiger partial charge in [-0.2, -0.15) is 0 Å². The van der Waals surface area contributed by atoms with Gasteiger partial charge in [-0.3, -0.25) is 19.8 Å². The van der Waals surface area contributed by atoms with E-state index in [0.29, 0.717) is 24.4 Å². The Morgan fingerprint density at radius 3 is 2.45 bits per heavy atom. The van der Waals surface area contributed by atoms with Crippen LogP contribution in [-0.2, 0) is 19.5 Å². The number of fused-ring (bicyclic) bond motifs is 7. The minimum absolute atomic E-state index is 0.439. The number of aliphatic imine (C=N–C) groups is 1. The summed E-state index contributed by atoms with van der Waals surface area (Å²) in [6, 6.07) is 15.5. The van der Waals surface area contributed by atoms with Gasteiger partial charge in [0.05, 0.1) is 16.7 Å². The van der Waals surface area contributed by atoms with Gasteiger partial charge in [0.1, 0.15) is 11.6 Å². The lowest BCUT2D eigenvalue weighted by Gasteiger charge is -2.41. The van der Waals surface area contributed by atoms with E-state index in [2.05, 4.69) is 56.4 Å². The van der Waals surface area contributed by atoms with Crippen molar-refractivity contribution in [2.24, 2.45) is 16.6 Å². The van der Waals surface area contributed by atoms with Crippen LogP contribution in [0.4, 0.5) is 14.7 Å². The smallest absolute Gasteiger partial charge is 0.208 e. The molecule has 2 fully saturated rings. The Bertz CT molecular complexity index is 1950. The largest absolute Gasteiger partial charge is 0.404 e. The molecule has 10 heteroatoms. The molecule has 5 heterocycles. The first kappa shape index (κ1) is 35.0. The molecule has 4 bridgehead atoms. The molecule has 8 nitrogen and oxygen atoms in total. The minimum atomic E-state index is -0.503. The number of aromatic nitrogens is 3. The third kappa shape index (κ3) is 7.77. The molecule has 2 unspecified atom stereocenters. The van der Waals surface area contributed by atoms with Gasteiger partial charge in [0, 0.05) is 92.4 Å². The number of rotatable bonds is 5. The van der Waals surface area contributed by atoms with E-state index in [0.717, 1.165) is 134 Å². The number of imidazole rings is 1. The Balaban J connectivity index is 1.11. The number of nitrogens with two attached hydrogens (primary N) is 1. The van der Waals surface area contributed by atoms with Crippen molar-refractivity contribution in [3.63, 3.8) is 0 Å². The van der Waals surface area contributed by atoms with E-state index in [1.165, 1.54) is 17.7 Å². The van der Waals surface area contributed by atoms with Crippen molar-refractivity contribution in [1.82, 2.24) is 24.3 Å². The first-order chi connectivity index (χ1) is 24.7. The Kier molecular flexibility index (Phi) is 10.3. The van der Waals surface area contributed by atoms with Gasteiger partial charge < -0.3 is 15.6 Å². The second kappa shape index (κ2) is 15.1. The number of hydrogen-bond acceptors (Lipinski definition) is 7. The molecular formula is C41H50F2N8. The van der Waals surface area contributed by atoms with E-state index >= 15 is 0 Å². The second-order valence-electron chi connectivity index (χ2n) is 14.8. The molecule has 268 valence electrons. The summed E-state index contributed by atoms with van der Waals surface area (Å²) in [4.78, 5) is 19.7. The quantitative estimate of drug-likeness (QED) is 0.225. The van der Waals surface area contributed by atoms with E-state index in [4.69, 9.17) is 15.7 Å². The number of benzene rings is 2. The minimum Gasteiger partial charge on any atom is -0.404 e. The Morgan fingerprint density at radius 2 is 1.73 bits per heavy atom. The number of allylic oxidation sites excluding steroid dienone is 1. The maximum Gasteiger partial charge on any atom is 0.208 e. The fourth-order valence-corrected chi connectivity index (χ4v) is 8.46. The molecule has 7 rings (SSSR count). The highest BCUT2D eigenvalue weighted by atomic mass is 19.1. The van der Waals surface area contributed by atoms with Gasteiger partial charge in [0.25, 0.3) is 0 Å². The third-order valence-electron chi connectivity index (χ3n) is 11.0. The van der Waals surface area contributed by atoms with Crippen molar-refractivity contribution >= 4 is 34.0 Å². The molecule has 3 aliphatic rings. The lowest BCUT2D eigenvalue weighted by Crippen LogP contribution is -2.53. The molecule has 3 N–H and O–H groups in total. The topological polar surface area (TPSA) is 87.6 Å². The first-order valence-electron chi connectivity index (χ1n) is 18.4. The zero-order valence-electron chi connectivity index (χ0n) is 30.1. The molecule has 0 radical (unpaired) electrons. The van der Waals surface area contributed by atoms with Gasteiger partial charge in [-0.15, -0.1) is 0 Å². The molecule has 3 aliphatic heterocycles. The molecule has 2 saturated heterocycles. The van der Waals surface area contributed by atoms with Gasteiger partial charge in [0.15, 0.2) is 0 Å². The predicted molar refractivity (Wildman–Crippen MR) is 203 cm³/mol. The van der Waals surface area contributed by atoms with Crippen LogP contribution in [0.2, 0.25) is 0 Å². The van der Waals surface area contributed by atoms with Crippen molar-refractivity contribution in [3.8, 4) is 0 Å². The van der Waals surface area contributed by atoms with E-state index < -0.39 is 11.6 Å². The van der Waals surface area contributed by atoms with Crippen molar-refractivity contribution in [3.05, 3.63) is 101 Å². The normalized spacial score (nSPS) is 23.7. The Morgan fingerprint density at radius 1 is 0.961 bits per heavy atom. The van der Waals surface area contributed by atoms with Gasteiger partial charge in [-0.25, -0.2) is 13.8 Å². The fraction of sp³-hybridized carbons (Fsp3) is 0.439. The highest BCUT2D eigenvalue weighted by Gasteiger charge is 2.39. The average molecular weight is 693 g/mol. The summed E-state index contributed by atoms with van der Waals surface area (Å²) in [6.07, 6.45) is 8.67. The number of aryl methyl sites for hydroxylation is 1. The molecule has 0 aliphatic carbocycles. The molecule has 2 aromatic carbocycles. The molecular weight excluding hydrogens is 643 g/mol. The summed E-state index contributed by atoms with van der Waals surface area (Å²) in [6.45, 7) is 13.3. The Labute approximate surface area is 300 Å². The average Bonchev–Trinajstić information content (AvgIpc) is 3.54. The molecule has 0 saturated carbocycles. The highest BCUT2D eigenvalue weighted by Crippen LogP contribution is 2.33. The van der Waals surface area contributed by atoms with Gasteiger partial charge in [0.2, 0.25) is 5.95 Å². The van der Waals surface area contributed by atoms with Crippen LogP contribution >= 0.6 is 0 Å². The van der Waals surface area contributed by atoms with Crippen LogP contribution in [0.3, 0.4) is 0 Å². The number of likely N-dealkylation sites (tertiary alicyclic amines) is 1. The summed E-state index contributed by atoms with van der Waals surface area (Å²) in [5.74, 6) is 0.224. The SMILES string of the molecule is C=C1Nc2nc3ccc(CN4CC5CCC(C4)N5CCc4cc(F)cc(F)c4)cc3n2C[C@H](C)CCCCC(=NC)C(=CN)c2cc1cc(C)n2. The van der Waals surface area contributed by atoms with E-state index in [1.807, 2.05) is 26.1 Å². The summed E-state index contributed by atoms with van der Waals surface area (Å²) in [5.41, 5.74) is 15.5. The van der Waals surface area contributed by atoms with Crippen molar-refractivity contribution in [2.75, 3.05) is 32.0 Å². The van der Waals surface area contributed by atoms with Gasteiger partial charge in [-0.1, -0.05) is 26.0 Å². The molecule has 3 atom stereocenters. The lowest BCUT2D eigenvalue weighted by molar-refractivity contribution is 0.0635. The number of halogens is 2. The lowest BCUT2D eigenvalue weighted by atomic mass is 9.97. The van der Waals surface area contributed by atoms with E-state index in [9.17, 15) is 8.78 Å². The number of anilines is 1. The zero-order chi connectivity index (χ0) is 35.6. The van der Waals surface area contributed by atoms with Crippen LogP contribution in [0.1, 0.15) is 73.5 Å². The first-order valence-corrected chi connectivity index (χ1v) is 18.4. The Hall–Kier alpha value is -4.41. The molecule has 2 aromatic heterocycles. The van der Waals surface area contributed by atoms with Crippen LogP contribution < -0.4 is 11.1 Å². The summed E-state index contributed by atoms with van der Waals surface area (Å²) in [5, 5.41) is 3.58. The number of nitrogens with one attached hydrogen (secondary N) is 1. The van der Waals surface area contributed by atoms with Crippen LogP contribution in [-0.4, -0.2) is 68.8 Å². The third-order valence-corrected chi connectivity index (χ3v) is 11.0. The highest BCUT2D eigenvalue weighted by molar-refractivity contribution is 6.23. The number of pyridine rings is 1. The zero-order valence-corrected chi connectivity index (χ0v) is 30.1. The maximum atomic E-state index is 13.8. The molecule has 51 heavy (non-hydrogen) atoms. The van der Waals surface area contributed by atoms with E-state index in [1.54, 1.807) is 6.20 Å². The standard InChI is InChI=1S/C41H50F2N8/c1-26-7-5-6-8-37(45-4)36(21-44)39-19-31(15-27(2)46-39)28(3)47-41-48-38-12-9-30(18-40(38)51(41)22-26)23-49-24-34-10-11-35(25-49)50(34)14-13-29-16-32(42)20-33(43)17-29/h9,12,15-21,26,34-35H,3,5-8,10-11,13-14,22-25,44H2,1-2,4H3,(H,47,48)/t26-,34?,35?/m1/s1. The summed E-state index contributed by atoms with van der Waals surface area (Å²) in [7, 11) is 1.83. The maximum absolute atomic E-state index is 13.8. The fourth-order valence-electron chi connectivity index (χ4n) is 8.46. The van der Waals surface area contributed by atoms with Crippen LogP contribution in [0.5, 0.6) is 0 Å². The van der Waals surface area contributed by atoms with Crippen LogP contribution in [0, 0.1) is 24.5 Å². The summed E-state index contributed by atoms with van der Waals surface area (Å²) < 4.78 is 29.9. The molecule has 0 amide bonds. The van der Waals surface area contributed by atoms with Crippen LogP contribution in [0.25, 0.3) is 22.3 Å². The van der Waals surface area contributed by atoms with Crippen molar-refractivity contribution in [2.45, 2.75) is 84.0 Å². The molecule has 4 aromatic rings. The van der Waals surface area contributed by atoms with Gasteiger partial charge >= 0.3 is 0 Å². The monoisotopic (exact) mass is 692 g/mol. The van der Waals surface area contributed by atoms with E-state index in [-0.39, 0.29) is 0 Å². The van der Waals surface area contributed by atoms with Gasteiger partial charge in [-0.05, 0) is 98.9 Å². The predicted octanol–water partition coefficient (Wildman–Crippen LogP) is 7.57. The van der Waals surface area contributed by atoms with Crippen LogP contribution in [0.15, 0.2) is 66.3 Å². The summed E-state index contributed by atoms with van der Waals surface area (Å²) >= 11 is 0. The molecule has 0 spiro atoms. The number of piperazine rings is 1. The second-order valence-corrected chi connectivity index (χ2v) is 14.8.